The van der Waals surface area contributed by atoms with Crippen LogP contribution in [0.15, 0.2) is 0 Å². The summed E-state index contributed by atoms with van der Waals surface area (Å²) in [5, 5.41) is 0. The molecule has 0 spiro atoms. The van der Waals surface area contributed by atoms with Gasteiger partial charge in [-0.15, -0.1) is 0 Å². The molecule has 1 fully saturated rings. The minimum absolute atomic E-state index is 0.123. The highest BCUT2D eigenvalue weighted by Gasteiger charge is 2.23. The minimum Gasteiger partial charge on any atom is -0.339 e. The second-order valence-electron chi connectivity index (χ2n) is 12.9. The largest absolute Gasteiger partial charge is 0.339 e. The molecule has 0 radical (unpaired) electrons. The van der Waals surface area contributed by atoms with E-state index in [1.54, 1.807) is 6.92 Å². The van der Waals surface area contributed by atoms with E-state index in [9.17, 15) is 9.59 Å². The molecule has 5 heteroatoms. The molecular formula is C36H71N3O2. The van der Waals surface area contributed by atoms with Crippen LogP contribution in [-0.4, -0.2) is 72.3 Å². The molecule has 41 heavy (non-hydrogen) atoms. The Morgan fingerprint density at radius 1 is 0.463 bits per heavy atom. The molecule has 0 atom stereocenters. The maximum atomic E-state index is 13.1. The zero-order valence-electron chi connectivity index (χ0n) is 28.1. The summed E-state index contributed by atoms with van der Waals surface area (Å²) >= 11 is 0. The number of rotatable bonds is 28. The van der Waals surface area contributed by atoms with Crippen molar-refractivity contribution < 1.29 is 9.59 Å². The van der Waals surface area contributed by atoms with Crippen molar-refractivity contribution in [2.45, 2.75) is 175 Å². The van der Waals surface area contributed by atoms with Crippen molar-refractivity contribution in [3.05, 3.63) is 0 Å². The second kappa shape index (κ2) is 27.7. The van der Waals surface area contributed by atoms with Crippen LogP contribution < -0.4 is 0 Å². The van der Waals surface area contributed by atoms with Gasteiger partial charge in [0.05, 0.1) is 6.54 Å². The monoisotopic (exact) mass is 578 g/mol. The third kappa shape index (κ3) is 22.2. The molecule has 0 unspecified atom stereocenters. The molecule has 1 heterocycles. The van der Waals surface area contributed by atoms with E-state index in [4.69, 9.17) is 0 Å². The first-order chi connectivity index (χ1) is 20.1. The first-order valence-electron chi connectivity index (χ1n) is 18.3. The molecule has 1 saturated heterocycles. The number of hydrogen-bond acceptors (Lipinski definition) is 3. The van der Waals surface area contributed by atoms with Crippen molar-refractivity contribution in [3.8, 4) is 0 Å². The van der Waals surface area contributed by atoms with Crippen LogP contribution in [0.4, 0.5) is 0 Å². The lowest BCUT2D eigenvalue weighted by atomic mass is 10.0. The van der Waals surface area contributed by atoms with Gasteiger partial charge in [-0.25, -0.2) is 0 Å². The number of carbonyl (C=O) groups excluding carboxylic acids is 2. The SMILES string of the molecule is CCCCCCCCCCCCCCN(CCCCCCCCCCCCCC)CC(=O)N1CCN(C(C)=O)CC1. The maximum absolute atomic E-state index is 13.1. The highest BCUT2D eigenvalue weighted by molar-refractivity contribution is 5.79. The Morgan fingerprint density at radius 3 is 1.07 bits per heavy atom. The van der Waals surface area contributed by atoms with E-state index in [1.165, 1.54) is 154 Å². The van der Waals surface area contributed by atoms with Gasteiger partial charge in [0.1, 0.15) is 0 Å². The summed E-state index contributed by atoms with van der Waals surface area (Å²) in [6.07, 6.45) is 32.8. The summed E-state index contributed by atoms with van der Waals surface area (Å²) in [6.45, 7) is 11.6. The van der Waals surface area contributed by atoms with Crippen LogP contribution in [-0.2, 0) is 9.59 Å². The standard InChI is InChI=1S/C36H71N3O2/c1-4-6-8-10-12-14-16-18-20-22-24-26-28-37(34-36(41)39-32-30-38(31-33-39)35(3)40)29-27-25-23-21-19-17-15-13-11-9-7-5-2/h4-34H2,1-3H3. The van der Waals surface area contributed by atoms with E-state index in [1.807, 2.05) is 9.80 Å². The Bertz CT molecular complexity index is 576. The van der Waals surface area contributed by atoms with Gasteiger partial charge in [-0.1, -0.05) is 155 Å². The Labute approximate surface area is 256 Å². The predicted octanol–water partition coefficient (Wildman–Crippen LogP) is 9.38. The number of amides is 2. The molecular weight excluding hydrogens is 506 g/mol. The molecule has 0 N–H and O–H groups in total. The highest BCUT2D eigenvalue weighted by atomic mass is 16.2. The summed E-state index contributed by atoms with van der Waals surface area (Å²) in [5.74, 6) is 0.378. The molecule has 0 bridgehead atoms. The second-order valence-corrected chi connectivity index (χ2v) is 12.9. The summed E-state index contributed by atoms with van der Waals surface area (Å²) < 4.78 is 0. The minimum atomic E-state index is 0.123. The Balaban J connectivity index is 2.23. The third-order valence-electron chi connectivity index (χ3n) is 9.09. The lowest BCUT2D eigenvalue weighted by molar-refractivity contribution is -0.139. The van der Waals surface area contributed by atoms with Crippen LogP contribution in [0.25, 0.3) is 0 Å². The zero-order chi connectivity index (χ0) is 29.8. The van der Waals surface area contributed by atoms with E-state index in [0.29, 0.717) is 32.7 Å². The Hall–Kier alpha value is -1.10. The van der Waals surface area contributed by atoms with Gasteiger partial charge in [0.25, 0.3) is 0 Å². The summed E-state index contributed by atoms with van der Waals surface area (Å²) in [7, 11) is 0. The maximum Gasteiger partial charge on any atom is 0.236 e. The molecule has 242 valence electrons. The third-order valence-corrected chi connectivity index (χ3v) is 9.09. The lowest BCUT2D eigenvalue weighted by Crippen LogP contribution is -2.52. The summed E-state index contributed by atoms with van der Waals surface area (Å²) in [5.41, 5.74) is 0. The van der Waals surface area contributed by atoms with Gasteiger partial charge in [-0.2, -0.15) is 0 Å². The van der Waals surface area contributed by atoms with E-state index in [2.05, 4.69) is 18.7 Å². The van der Waals surface area contributed by atoms with Gasteiger partial charge in [-0.05, 0) is 25.9 Å². The molecule has 2 amide bonds. The Morgan fingerprint density at radius 2 is 0.756 bits per heavy atom. The number of hydrogen-bond donors (Lipinski definition) is 0. The van der Waals surface area contributed by atoms with Crippen molar-refractivity contribution >= 4 is 11.8 Å². The highest BCUT2D eigenvalue weighted by Crippen LogP contribution is 2.14. The van der Waals surface area contributed by atoms with Gasteiger partial charge >= 0.3 is 0 Å². The van der Waals surface area contributed by atoms with Gasteiger partial charge in [0.15, 0.2) is 0 Å². The van der Waals surface area contributed by atoms with Crippen LogP contribution in [0.5, 0.6) is 0 Å². The van der Waals surface area contributed by atoms with Gasteiger partial charge in [0.2, 0.25) is 11.8 Å². The van der Waals surface area contributed by atoms with Gasteiger partial charge < -0.3 is 9.80 Å². The molecule has 1 aliphatic heterocycles. The first-order valence-corrected chi connectivity index (χ1v) is 18.3. The molecule has 1 rings (SSSR count). The average Bonchev–Trinajstić information content (AvgIpc) is 2.98. The predicted molar refractivity (Wildman–Crippen MR) is 177 cm³/mol. The molecule has 0 aliphatic carbocycles. The quantitative estimate of drug-likeness (QED) is 0.0870. The summed E-state index contributed by atoms with van der Waals surface area (Å²) in [4.78, 5) is 31.0. The number of nitrogens with zero attached hydrogens (tertiary/aromatic N) is 3. The number of piperazine rings is 1. The van der Waals surface area contributed by atoms with E-state index >= 15 is 0 Å². The zero-order valence-corrected chi connectivity index (χ0v) is 28.1. The van der Waals surface area contributed by atoms with Crippen LogP contribution in [0.3, 0.4) is 0 Å². The van der Waals surface area contributed by atoms with Crippen molar-refractivity contribution in [1.82, 2.24) is 14.7 Å². The topological polar surface area (TPSA) is 43.9 Å². The number of carbonyl (C=O) groups is 2. The van der Waals surface area contributed by atoms with Crippen LogP contribution >= 0.6 is 0 Å². The van der Waals surface area contributed by atoms with E-state index in [0.717, 1.165) is 13.1 Å². The fourth-order valence-electron chi connectivity index (χ4n) is 6.18. The Kier molecular flexibility index (Phi) is 25.6. The van der Waals surface area contributed by atoms with E-state index in [-0.39, 0.29) is 11.8 Å². The molecule has 0 aromatic carbocycles. The van der Waals surface area contributed by atoms with Crippen molar-refractivity contribution in [2.75, 3.05) is 45.8 Å². The van der Waals surface area contributed by atoms with Crippen molar-refractivity contribution in [2.24, 2.45) is 0 Å². The fourth-order valence-corrected chi connectivity index (χ4v) is 6.18. The van der Waals surface area contributed by atoms with Crippen molar-refractivity contribution in [1.29, 1.82) is 0 Å². The van der Waals surface area contributed by atoms with Crippen LogP contribution in [0.2, 0.25) is 0 Å². The summed E-state index contributed by atoms with van der Waals surface area (Å²) in [6, 6.07) is 0. The van der Waals surface area contributed by atoms with Gasteiger partial charge in [0, 0.05) is 33.1 Å². The first kappa shape index (κ1) is 37.9. The van der Waals surface area contributed by atoms with E-state index < -0.39 is 0 Å². The van der Waals surface area contributed by atoms with Crippen molar-refractivity contribution in [3.63, 3.8) is 0 Å². The fraction of sp³-hybridized carbons (Fsp3) is 0.944. The molecule has 0 aromatic rings. The van der Waals surface area contributed by atoms with Gasteiger partial charge in [-0.3, -0.25) is 14.5 Å². The smallest absolute Gasteiger partial charge is 0.236 e. The van der Waals surface area contributed by atoms with Crippen LogP contribution in [0.1, 0.15) is 175 Å². The molecule has 0 aromatic heterocycles. The average molecular weight is 578 g/mol. The molecule has 0 saturated carbocycles. The molecule has 1 aliphatic rings. The number of unbranched alkanes of at least 4 members (excludes halogenated alkanes) is 22. The normalized spacial score (nSPS) is 13.9. The molecule has 5 nitrogen and oxygen atoms in total. The lowest BCUT2D eigenvalue weighted by Gasteiger charge is -2.35. The van der Waals surface area contributed by atoms with Crippen LogP contribution in [0, 0.1) is 0 Å².